The van der Waals surface area contributed by atoms with Crippen molar-refractivity contribution in [2.24, 2.45) is 0 Å². The van der Waals surface area contributed by atoms with Crippen LogP contribution in [0.25, 0.3) is 0 Å². The molecule has 2 rings (SSSR count). The Hall–Kier alpha value is -2.35. The first-order valence-electron chi connectivity index (χ1n) is 5.79. The van der Waals surface area contributed by atoms with Crippen molar-refractivity contribution in [3.63, 3.8) is 0 Å². The van der Waals surface area contributed by atoms with E-state index < -0.39 is 0 Å². The van der Waals surface area contributed by atoms with Crippen LogP contribution in [0.2, 0.25) is 0 Å². The molecule has 0 atom stereocenters. The van der Waals surface area contributed by atoms with Gasteiger partial charge in [-0.1, -0.05) is 29.5 Å². The first-order valence-corrected chi connectivity index (χ1v) is 6.78. The lowest BCUT2D eigenvalue weighted by Crippen LogP contribution is -2.42. The number of thioether (sulfide) groups is 1. The lowest BCUT2D eigenvalue weighted by atomic mass is 10.1. The number of nitrogens with one attached hydrogen (secondary N) is 3. The van der Waals surface area contributed by atoms with Gasteiger partial charge in [-0.25, -0.2) is 4.98 Å². The fourth-order valence-electron chi connectivity index (χ4n) is 1.34. The topological polar surface area (TPSA) is 99.8 Å². The second kappa shape index (κ2) is 6.71. The summed E-state index contributed by atoms with van der Waals surface area (Å²) in [5.41, 5.74) is 6.24. The highest BCUT2D eigenvalue weighted by molar-refractivity contribution is 7.99. The number of carbonyl (C=O) groups excluding carboxylic acids is 2. The standard InChI is InChI=1S/C12H13N5O2S/c1-8-2-4-9(5-3-8)11(19)16-15-10(18)6-20-12-13-7-14-17-12/h2-5,7H,6H2,1H3,(H,15,18)(H,16,19)(H,13,14,17). The summed E-state index contributed by atoms with van der Waals surface area (Å²) in [5.74, 6) is -0.557. The molecule has 2 amide bonds. The van der Waals surface area contributed by atoms with Gasteiger partial charge >= 0.3 is 0 Å². The van der Waals surface area contributed by atoms with E-state index in [0.29, 0.717) is 10.7 Å². The van der Waals surface area contributed by atoms with Crippen LogP contribution in [0.5, 0.6) is 0 Å². The number of aromatic amines is 1. The van der Waals surface area contributed by atoms with E-state index in [2.05, 4.69) is 26.0 Å². The van der Waals surface area contributed by atoms with E-state index in [1.165, 1.54) is 18.1 Å². The number of hydrogen-bond acceptors (Lipinski definition) is 5. The highest BCUT2D eigenvalue weighted by Gasteiger charge is 2.08. The quantitative estimate of drug-likeness (QED) is 0.568. The Kier molecular flexibility index (Phi) is 4.72. The van der Waals surface area contributed by atoms with Crippen LogP contribution >= 0.6 is 11.8 Å². The smallest absolute Gasteiger partial charge is 0.269 e. The number of hydrazine groups is 1. The molecule has 20 heavy (non-hydrogen) atoms. The van der Waals surface area contributed by atoms with Crippen molar-refractivity contribution < 1.29 is 9.59 Å². The molecule has 0 aliphatic rings. The van der Waals surface area contributed by atoms with Crippen LogP contribution in [0.1, 0.15) is 15.9 Å². The van der Waals surface area contributed by atoms with Crippen molar-refractivity contribution in [1.82, 2.24) is 26.0 Å². The molecule has 0 spiro atoms. The van der Waals surface area contributed by atoms with E-state index in [-0.39, 0.29) is 17.6 Å². The SMILES string of the molecule is Cc1ccc(C(=O)NNC(=O)CSc2ncn[nH]2)cc1. The van der Waals surface area contributed by atoms with Gasteiger partial charge in [0.1, 0.15) is 6.33 Å². The summed E-state index contributed by atoms with van der Waals surface area (Å²) >= 11 is 1.19. The average Bonchev–Trinajstić information content (AvgIpc) is 2.96. The third-order valence-electron chi connectivity index (χ3n) is 2.36. The molecule has 0 unspecified atom stereocenters. The van der Waals surface area contributed by atoms with E-state index >= 15 is 0 Å². The molecule has 7 nitrogen and oxygen atoms in total. The first kappa shape index (κ1) is 14.1. The number of aromatic nitrogens is 3. The lowest BCUT2D eigenvalue weighted by molar-refractivity contribution is -0.119. The lowest BCUT2D eigenvalue weighted by Gasteiger charge is -2.06. The predicted molar refractivity (Wildman–Crippen MR) is 73.9 cm³/mol. The van der Waals surface area contributed by atoms with Crippen LogP contribution in [-0.4, -0.2) is 32.7 Å². The molecular weight excluding hydrogens is 278 g/mol. The van der Waals surface area contributed by atoms with Gasteiger partial charge in [-0.3, -0.25) is 25.5 Å². The van der Waals surface area contributed by atoms with Crippen molar-refractivity contribution in [2.45, 2.75) is 12.1 Å². The molecule has 0 saturated carbocycles. The van der Waals surface area contributed by atoms with Gasteiger partial charge in [0.15, 0.2) is 5.16 Å². The maximum atomic E-state index is 11.7. The number of carbonyl (C=O) groups is 2. The highest BCUT2D eigenvalue weighted by Crippen LogP contribution is 2.09. The predicted octanol–water partition coefficient (Wildman–Crippen LogP) is 0.666. The maximum Gasteiger partial charge on any atom is 0.269 e. The molecular formula is C12H13N5O2S. The number of H-pyrrole nitrogens is 1. The molecule has 0 fully saturated rings. The number of benzene rings is 1. The largest absolute Gasteiger partial charge is 0.272 e. The van der Waals surface area contributed by atoms with Gasteiger partial charge < -0.3 is 0 Å². The van der Waals surface area contributed by atoms with Crippen LogP contribution in [0.4, 0.5) is 0 Å². The minimum atomic E-state index is -0.358. The molecule has 0 saturated heterocycles. The summed E-state index contributed by atoms with van der Waals surface area (Å²) < 4.78 is 0. The second-order valence-electron chi connectivity index (χ2n) is 3.95. The number of rotatable bonds is 4. The van der Waals surface area contributed by atoms with Crippen molar-refractivity contribution >= 4 is 23.6 Å². The number of amides is 2. The Morgan fingerprint density at radius 1 is 1.25 bits per heavy atom. The molecule has 0 bridgehead atoms. The summed E-state index contributed by atoms with van der Waals surface area (Å²) in [6, 6.07) is 7.05. The van der Waals surface area contributed by atoms with Crippen LogP contribution < -0.4 is 10.9 Å². The maximum absolute atomic E-state index is 11.7. The normalized spacial score (nSPS) is 10.1. The van der Waals surface area contributed by atoms with Gasteiger partial charge in [-0.2, -0.15) is 5.10 Å². The molecule has 104 valence electrons. The molecule has 8 heteroatoms. The number of nitrogens with zero attached hydrogens (tertiary/aromatic N) is 2. The average molecular weight is 291 g/mol. The minimum Gasteiger partial charge on any atom is -0.272 e. The van der Waals surface area contributed by atoms with E-state index in [1.807, 2.05) is 19.1 Å². The van der Waals surface area contributed by atoms with Gasteiger partial charge in [0.2, 0.25) is 5.91 Å². The fourth-order valence-corrected chi connectivity index (χ4v) is 1.92. The number of hydrogen-bond donors (Lipinski definition) is 3. The second-order valence-corrected chi connectivity index (χ2v) is 4.91. The van der Waals surface area contributed by atoms with Crippen molar-refractivity contribution in [2.75, 3.05) is 5.75 Å². The summed E-state index contributed by atoms with van der Waals surface area (Å²) in [6.07, 6.45) is 1.36. The summed E-state index contributed by atoms with van der Waals surface area (Å²) in [6.45, 7) is 1.93. The van der Waals surface area contributed by atoms with E-state index in [9.17, 15) is 9.59 Å². The fraction of sp³-hybridized carbons (Fsp3) is 0.167. The first-order chi connectivity index (χ1) is 9.65. The Bertz CT molecular complexity index is 582. The van der Waals surface area contributed by atoms with Crippen molar-refractivity contribution in [1.29, 1.82) is 0 Å². The minimum absolute atomic E-state index is 0.128. The zero-order valence-corrected chi connectivity index (χ0v) is 11.5. The van der Waals surface area contributed by atoms with E-state index in [4.69, 9.17) is 0 Å². The van der Waals surface area contributed by atoms with E-state index in [1.54, 1.807) is 12.1 Å². The molecule has 0 aliphatic heterocycles. The van der Waals surface area contributed by atoms with Crippen LogP contribution in [0.15, 0.2) is 35.7 Å². The molecule has 1 heterocycles. The van der Waals surface area contributed by atoms with Gasteiger partial charge in [0.25, 0.3) is 5.91 Å². The highest BCUT2D eigenvalue weighted by atomic mass is 32.2. The van der Waals surface area contributed by atoms with Crippen LogP contribution in [0.3, 0.4) is 0 Å². The molecule has 2 aromatic rings. The molecule has 0 aliphatic carbocycles. The van der Waals surface area contributed by atoms with Gasteiger partial charge in [0.05, 0.1) is 5.75 Å². The van der Waals surface area contributed by atoms with Crippen LogP contribution in [0, 0.1) is 6.92 Å². The van der Waals surface area contributed by atoms with Gasteiger partial charge in [-0.15, -0.1) is 0 Å². The molecule has 1 aromatic carbocycles. The Balaban J connectivity index is 1.75. The van der Waals surface area contributed by atoms with Crippen molar-refractivity contribution in [3.05, 3.63) is 41.7 Å². The van der Waals surface area contributed by atoms with Crippen LogP contribution in [-0.2, 0) is 4.79 Å². The summed E-state index contributed by atoms with van der Waals surface area (Å²) in [5, 5.41) is 6.83. The van der Waals surface area contributed by atoms with Gasteiger partial charge in [0, 0.05) is 5.56 Å². The van der Waals surface area contributed by atoms with E-state index in [0.717, 1.165) is 5.56 Å². The number of aryl methyl sites for hydroxylation is 1. The van der Waals surface area contributed by atoms with Crippen molar-refractivity contribution in [3.8, 4) is 0 Å². The van der Waals surface area contributed by atoms with Gasteiger partial charge in [-0.05, 0) is 19.1 Å². The zero-order chi connectivity index (χ0) is 14.4. The Labute approximate surface area is 119 Å². The summed E-state index contributed by atoms with van der Waals surface area (Å²) in [7, 11) is 0. The third kappa shape index (κ3) is 4.09. The third-order valence-corrected chi connectivity index (χ3v) is 3.24. The monoisotopic (exact) mass is 291 g/mol. The Morgan fingerprint density at radius 2 is 2.00 bits per heavy atom. The molecule has 0 radical (unpaired) electrons. The molecule has 3 N–H and O–H groups in total. The molecule has 1 aromatic heterocycles. The summed E-state index contributed by atoms with van der Waals surface area (Å²) in [4.78, 5) is 27.1. The zero-order valence-electron chi connectivity index (χ0n) is 10.7. The Morgan fingerprint density at radius 3 is 2.65 bits per heavy atom.